The summed E-state index contributed by atoms with van der Waals surface area (Å²) in [5.41, 5.74) is 18.6. The lowest BCUT2D eigenvalue weighted by Gasteiger charge is -2.30. The van der Waals surface area contributed by atoms with Crippen LogP contribution >= 0.6 is 0 Å². The third-order valence-electron chi connectivity index (χ3n) is 11.6. The fourth-order valence-electron chi connectivity index (χ4n) is 9.26. The molecule has 0 N–H and O–H groups in total. The van der Waals surface area contributed by atoms with E-state index in [-0.39, 0.29) is 5.41 Å². The Hall–Kier alpha value is -6.38. The smallest absolute Gasteiger partial charge is 0.0619 e. The van der Waals surface area contributed by atoms with Crippen LogP contribution in [0.3, 0.4) is 0 Å². The molecule has 54 heavy (non-hydrogen) atoms. The third kappa shape index (κ3) is 4.87. The van der Waals surface area contributed by atoms with Crippen molar-refractivity contribution in [3.8, 4) is 27.9 Å². The molecule has 9 aromatic rings. The average Bonchev–Trinajstić information content (AvgIpc) is 3.63. The summed E-state index contributed by atoms with van der Waals surface area (Å²) < 4.78 is 2.51. The number of fused-ring (bicyclic) bond motifs is 8. The average molecular weight is 695 g/mol. The minimum atomic E-state index is -0.248. The van der Waals surface area contributed by atoms with Gasteiger partial charge < -0.3 is 9.47 Å². The summed E-state index contributed by atoms with van der Waals surface area (Å²) in [5.74, 6) is 0. The molecule has 0 unspecified atom stereocenters. The van der Waals surface area contributed by atoms with Crippen LogP contribution in [0.2, 0.25) is 0 Å². The van der Waals surface area contributed by atoms with Gasteiger partial charge in [-0.3, -0.25) is 0 Å². The molecule has 1 aliphatic carbocycles. The predicted octanol–water partition coefficient (Wildman–Crippen LogP) is 14.3. The molecule has 260 valence electrons. The van der Waals surface area contributed by atoms with E-state index in [2.05, 4.69) is 208 Å². The van der Waals surface area contributed by atoms with Crippen LogP contribution in [0, 0.1) is 20.8 Å². The first-order valence-corrected chi connectivity index (χ1v) is 19.0. The van der Waals surface area contributed by atoms with E-state index in [1.807, 2.05) is 0 Å². The van der Waals surface area contributed by atoms with Gasteiger partial charge in [0.05, 0.1) is 16.7 Å². The van der Waals surface area contributed by atoms with Gasteiger partial charge in [0.1, 0.15) is 0 Å². The first-order chi connectivity index (χ1) is 26.3. The molecule has 2 nitrogen and oxygen atoms in total. The molecule has 1 heterocycles. The van der Waals surface area contributed by atoms with Crippen LogP contribution < -0.4 is 4.90 Å². The van der Waals surface area contributed by atoms with E-state index < -0.39 is 0 Å². The highest BCUT2D eigenvalue weighted by molar-refractivity contribution is 6.14. The first-order valence-electron chi connectivity index (χ1n) is 19.0. The fourth-order valence-corrected chi connectivity index (χ4v) is 9.26. The molecule has 0 amide bonds. The zero-order valence-electron chi connectivity index (χ0n) is 31.5. The highest BCUT2D eigenvalue weighted by atomic mass is 15.1. The van der Waals surface area contributed by atoms with Crippen molar-refractivity contribution in [2.75, 3.05) is 4.90 Å². The van der Waals surface area contributed by atoms with Gasteiger partial charge in [-0.25, -0.2) is 0 Å². The Morgan fingerprint density at radius 1 is 0.463 bits per heavy atom. The molecule has 1 aromatic heterocycles. The summed E-state index contributed by atoms with van der Waals surface area (Å²) in [6, 6.07) is 60.9. The van der Waals surface area contributed by atoms with Crippen molar-refractivity contribution in [3.63, 3.8) is 0 Å². The van der Waals surface area contributed by atoms with Gasteiger partial charge in [-0.05, 0) is 120 Å². The molecular formula is C52H42N2. The molecule has 0 atom stereocenters. The van der Waals surface area contributed by atoms with E-state index >= 15 is 0 Å². The Morgan fingerprint density at radius 2 is 1.15 bits per heavy atom. The predicted molar refractivity (Wildman–Crippen MR) is 230 cm³/mol. The Morgan fingerprint density at radius 3 is 1.91 bits per heavy atom. The van der Waals surface area contributed by atoms with E-state index in [1.54, 1.807) is 0 Å². The van der Waals surface area contributed by atoms with E-state index in [9.17, 15) is 0 Å². The molecule has 0 saturated carbocycles. The van der Waals surface area contributed by atoms with E-state index in [0.717, 1.165) is 5.69 Å². The van der Waals surface area contributed by atoms with Crippen molar-refractivity contribution in [1.29, 1.82) is 0 Å². The Labute approximate surface area is 317 Å². The van der Waals surface area contributed by atoms with Gasteiger partial charge in [-0.2, -0.15) is 0 Å². The van der Waals surface area contributed by atoms with Crippen LogP contribution in [-0.4, -0.2) is 4.57 Å². The number of para-hydroxylation sites is 2. The topological polar surface area (TPSA) is 8.17 Å². The van der Waals surface area contributed by atoms with Gasteiger partial charge in [0.25, 0.3) is 0 Å². The lowest BCUT2D eigenvalue weighted by atomic mass is 9.81. The molecular weight excluding hydrogens is 653 g/mol. The zero-order valence-corrected chi connectivity index (χ0v) is 31.5. The largest absolute Gasteiger partial charge is 0.310 e. The van der Waals surface area contributed by atoms with Crippen LogP contribution in [0.5, 0.6) is 0 Å². The lowest BCUT2D eigenvalue weighted by Crippen LogP contribution is -2.17. The summed E-state index contributed by atoms with van der Waals surface area (Å²) >= 11 is 0. The van der Waals surface area contributed by atoms with Crippen LogP contribution in [0.1, 0.15) is 41.7 Å². The maximum atomic E-state index is 2.51. The molecule has 2 heteroatoms. The van der Waals surface area contributed by atoms with Crippen LogP contribution in [0.4, 0.5) is 17.1 Å². The lowest BCUT2D eigenvalue weighted by molar-refractivity contribution is 0.660. The Balaban J connectivity index is 1.22. The highest BCUT2D eigenvalue weighted by Crippen LogP contribution is 2.55. The van der Waals surface area contributed by atoms with E-state index in [0.29, 0.717) is 0 Å². The number of hydrogen-bond acceptors (Lipinski definition) is 1. The SMILES string of the molecule is Cc1cc(C)cc(N(c2ccccc2)c2cc3c(c4ccccc24)-c2ccc(-n4c5ccc(C)cc5c5cccc(-c6ccccc6)c54)cc2C3(C)C)c1. The standard InChI is InChI=1S/C52H42N2/c1-33-23-26-48-45(30-33)43-22-14-21-40(36-15-8-6-9-16-36)51(43)54(48)38-24-25-44-46(31-38)52(4,5)47-32-49(41-19-12-13-20-42(41)50(44)47)53(37-17-10-7-11-18-37)39-28-34(2)27-35(3)29-39/h6-32H,1-5H3. The van der Waals surface area contributed by atoms with Crippen molar-refractivity contribution < 1.29 is 0 Å². The summed E-state index contributed by atoms with van der Waals surface area (Å²) in [5, 5.41) is 5.10. The minimum absolute atomic E-state index is 0.248. The number of anilines is 3. The Kier molecular flexibility index (Phi) is 7.22. The molecule has 0 spiro atoms. The maximum Gasteiger partial charge on any atom is 0.0619 e. The second-order valence-electron chi connectivity index (χ2n) is 15.7. The molecule has 1 aliphatic rings. The second-order valence-corrected chi connectivity index (χ2v) is 15.7. The molecule has 10 rings (SSSR count). The quantitative estimate of drug-likeness (QED) is 0.174. The summed E-state index contributed by atoms with van der Waals surface area (Å²) in [6.45, 7) is 11.4. The summed E-state index contributed by atoms with van der Waals surface area (Å²) in [6.07, 6.45) is 0. The molecule has 8 aromatic carbocycles. The normalized spacial score (nSPS) is 13.1. The number of nitrogens with zero attached hydrogens (tertiary/aromatic N) is 2. The number of hydrogen-bond donors (Lipinski definition) is 0. The van der Waals surface area contributed by atoms with Gasteiger partial charge >= 0.3 is 0 Å². The van der Waals surface area contributed by atoms with Gasteiger partial charge in [-0.15, -0.1) is 0 Å². The number of rotatable bonds is 5. The van der Waals surface area contributed by atoms with Crippen molar-refractivity contribution in [2.24, 2.45) is 0 Å². The van der Waals surface area contributed by atoms with E-state index in [4.69, 9.17) is 0 Å². The van der Waals surface area contributed by atoms with Crippen molar-refractivity contribution in [2.45, 2.75) is 40.0 Å². The third-order valence-corrected chi connectivity index (χ3v) is 11.6. The number of aromatic nitrogens is 1. The maximum absolute atomic E-state index is 2.51. The number of aryl methyl sites for hydroxylation is 3. The first kappa shape index (κ1) is 32.3. The monoisotopic (exact) mass is 694 g/mol. The molecule has 0 fully saturated rings. The van der Waals surface area contributed by atoms with Gasteiger partial charge in [0.2, 0.25) is 0 Å². The molecule has 0 radical (unpaired) electrons. The van der Waals surface area contributed by atoms with Gasteiger partial charge in [0.15, 0.2) is 0 Å². The van der Waals surface area contributed by atoms with Crippen molar-refractivity contribution in [1.82, 2.24) is 4.57 Å². The number of benzene rings is 8. The second kappa shape index (κ2) is 12.1. The minimum Gasteiger partial charge on any atom is -0.310 e. The molecule has 0 saturated heterocycles. The highest BCUT2D eigenvalue weighted by Gasteiger charge is 2.38. The van der Waals surface area contributed by atoms with Crippen LogP contribution in [0.25, 0.3) is 60.5 Å². The Bertz CT molecular complexity index is 2910. The summed E-state index contributed by atoms with van der Waals surface area (Å²) in [7, 11) is 0. The van der Waals surface area contributed by atoms with E-state index in [1.165, 1.54) is 99.7 Å². The van der Waals surface area contributed by atoms with Gasteiger partial charge in [-0.1, -0.05) is 129 Å². The van der Waals surface area contributed by atoms with Crippen molar-refractivity contribution >= 4 is 49.6 Å². The van der Waals surface area contributed by atoms with Crippen LogP contribution in [0.15, 0.2) is 164 Å². The van der Waals surface area contributed by atoms with Gasteiger partial charge in [0, 0.05) is 44.2 Å². The molecule has 0 aliphatic heterocycles. The summed E-state index contributed by atoms with van der Waals surface area (Å²) in [4.78, 5) is 2.46. The van der Waals surface area contributed by atoms with Crippen LogP contribution in [-0.2, 0) is 5.41 Å². The van der Waals surface area contributed by atoms with Crippen molar-refractivity contribution in [3.05, 3.63) is 192 Å². The zero-order chi connectivity index (χ0) is 36.7. The molecule has 0 bridgehead atoms. The fraction of sp³-hybridized carbons (Fsp3) is 0.115.